The van der Waals surface area contributed by atoms with Crippen LogP contribution in [0.5, 0.6) is 11.5 Å². The molecule has 0 saturated carbocycles. The molecule has 8 heteroatoms. The van der Waals surface area contributed by atoms with Crippen molar-refractivity contribution >= 4 is 35.2 Å². The Morgan fingerprint density at radius 3 is 2.65 bits per heavy atom. The molecule has 158 valence electrons. The van der Waals surface area contributed by atoms with Crippen molar-refractivity contribution in [3.05, 3.63) is 75.5 Å². The molecular weight excluding hydrogens is 439 g/mol. The second-order valence-corrected chi connectivity index (χ2v) is 7.20. The molecule has 0 spiro atoms. The van der Waals surface area contributed by atoms with Crippen LogP contribution in [0.1, 0.15) is 11.3 Å². The normalized spacial score (nSPS) is 11.0. The first-order valence-corrected chi connectivity index (χ1v) is 9.87. The summed E-state index contributed by atoms with van der Waals surface area (Å²) in [5, 5.41) is 13.1. The fourth-order valence-electron chi connectivity index (χ4n) is 2.82. The number of carbonyl (C=O) groups excluding carboxylic acids is 1. The summed E-state index contributed by atoms with van der Waals surface area (Å²) in [6, 6.07) is 15.5. The monoisotopic (exact) mass is 456 g/mol. The van der Waals surface area contributed by atoms with E-state index in [0.717, 1.165) is 5.56 Å². The van der Waals surface area contributed by atoms with Gasteiger partial charge in [0.2, 0.25) is 0 Å². The maximum atomic E-state index is 12.5. The minimum atomic E-state index is -0.542. The third-order valence-corrected chi connectivity index (χ3v) is 4.97. The second kappa shape index (κ2) is 10.1. The van der Waals surface area contributed by atoms with Gasteiger partial charge in [-0.3, -0.25) is 4.79 Å². The van der Waals surface area contributed by atoms with Crippen molar-refractivity contribution < 1.29 is 18.7 Å². The predicted molar refractivity (Wildman–Crippen MR) is 119 cm³/mol. The fraction of sp³-hybridized carbons (Fsp3) is 0.130. The topological polar surface area (TPSA) is 84.5 Å². The molecule has 0 aliphatic rings. The van der Waals surface area contributed by atoms with Gasteiger partial charge in [0.15, 0.2) is 0 Å². The number of methoxy groups -OCH3 is 2. The van der Waals surface area contributed by atoms with E-state index in [4.69, 9.17) is 37.1 Å². The predicted octanol–water partition coefficient (Wildman–Crippen LogP) is 5.49. The van der Waals surface area contributed by atoms with Gasteiger partial charge in [0.1, 0.15) is 34.7 Å². The Hall–Kier alpha value is -3.40. The molecule has 0 fully saturated rings. The van der Waals surface area contributed by atoms with Crippen molar-refractivity contribution in [3.63, 3.8) is 0 Å². The molecule has 1 heterocycles. The number of furan rings is 1. The summed E-state index contributed by atoms with van der Waals surface area (Å²) in [5.41, 5.74) is 1.25. The molecule has 0 aliphatic heterocycles. The lowest BCUT2D eigenvalue weighted by molar-refractivity contribution is -0.117. The van der Waals surface area contributed by atoms with Gasteiger partial charge >= 0.3 is 0 Å². The van der Waals surface area contributed by atoms with E-state index < -0.39 is 5.91 Å². The highest BCUT2D eigenvalue weighted by atomic mass is 35.5. The number of hydrogen-bond acceptors (Lipinski definition) is 5. The summed E-state index contributed by atoms with van der Waals surface area (Å²) in [5.74, 6) is 1.47. The van der Waals surface area contributed by atoms with E-state index in [1.807, 2.05) is 6.07 Å². The van der Waals surface area contributed by atoms with Crippen molar-refractivity contribution in [2.24, 2.45) is 0 Å². The molecule has 0 bridgehead atoms. The van der Waals surface area contributed by atoms with Crippen LogP contribution in [0.15, 0.2) is 58.5 Å². The average Bonchev–Trinajstić information content (AvgIpc) is 3.25. The standard InChI is InChI=1S/C23H18Cl2N2O4/c1-29-17-5-3-14(22(11-17)30-2)13-27-23(28)15(12-26)9-18-6-8-21(31-18)19-10-16(24)4-7-20(19)25/h3-11H,13H2,1-2H3,(H,27,28)/b15-9+. The smallest absolute Gasteiger partial charge is 0.262 e. The van der Waals surface area contributed by atoms with E-state index >= 15 is 0 Å². The molecule has 0 saturated heterocycles. The lowest BCUT2D eigenvalue weighted by atomic mass is 10.1. The zero-order valence-corrected chi connectivity index (χ0v) is 18.3. The van der Waals surface area contributed by atoms with Crippen molar-refractivity contribution in [1.82, 2.24) is 5.32 Å². The SMILES string of the molecule is COc1ccc(CNC(=O)/C(C#N)=C/c2ccc(-c3cc(Cl)ccc3Cl)o2)c(OC)c1. The largest absolute Gasteiger partial charge is 0.497 e. The van der Waals surface area contributed by atoms with Crippen LogP contribution in [0.2, 0.25) is 10.0 Å². The van der Waals surface area contributed by atoms with Gasteiger partial charge in [-0.05, 0) is 42.5 Å². The van der Waals surface area contributed by atoms with Crippen LogP contribution in [0.25, 0.3) is 17.4 Å². The first-order valence-electron chi connectivity index (χ1n) is 9.11. The number of amides is 1. The highest BCUT2D eigenvalue weighted by Crippen LogP contribution is 2.32. The molecule has 3 aromatic rings. The van der Waals surface area contributed by atoms with Gasteiger partial charge in [-0.1, -0.05) is 23.2 Å². The van der Waals surface area contributed by atoms with Gasteiger partial charge < -0.3 is 19.2 Å². The minimum absolute atomic E-state index is 0.106. The zero-order valence-electron chi connectivity index (χ0n) is 16.7. The number of benzene rings is 2. The Morgan fingerprint density at radius 1 is 1.13 bits per heavy atom. The van der Waals surface area contributed by atoms with E-state index in [2.05, 4.69) is 5.32 Å². The Balaban J connectivity index is 1.75. The lowest BCUT2D eigenvalue weighted by Gasteiger charge is -2.11. The van der Waals surface area contributed by atoms with Crippen molar-refractivity contribution in [3.8, 4) is 28.9 Å². The molecule has 0 unspecified atom stereocenters. The van der Waals surface area contributed by atoms with Gasteiger partial charge in [0.05, 0.1) is 19.2 Å². The molecule has 1 aromatic heterocycles. The molecule has 0 aliphatic carbocycles. The Bertz CT molecular complexity index is 1180. The first kappa shape index (κ1) is 22.3. The van der Waals surface area contributed by atoms with Crippen LogP contribution in [0.4, 0.5) is 0 Å². The summed E-state index contributed by atoms with van der Waals surface area (Å²) in [6.07, 6.45) is 1.36. The number of nitrogens with zero attached hydrogens (tertiary/aromatic N) is 1. The minimum Gasteiger partial charge on any atom is -0.497 e. The number of carbonyl (C=O) groups is 1. The summed E-state index contributed by atoms with van der Waals surface area (Å²) < 4.78 is 16.2. The Labute approximate surface area is 189 Å². The molecule has 3 rings (SSSR count). The number of nitrogens with one attached hydrogen (secondary N) is 1. The molecule has 0 radical (unpaired) electrons. The van der Waals surface area contributed by atoms with Crippen molar-refractivity contribution in [1.29, 1.82) is 5.26 Å². The molecule has 0 atom stereocenters. The van der Waals surface area contributed by atoms with E-state index in [1.165, 1.54) is 13.2 Å². The molecular formula is C23H18Cl2N2O4. The average molecular weight is 457 g/mol. The van der Waals surface area contributed by atoms with Gasteiger partial charge in [-0.2, -0.15) is 5.26 Å². The fourth-order valence-corrected chi connectivity index (χ4v) is 3.20. The summed E-state index contributed by atoms with van der Waals surface area (Å²) in [7, 11) is 3.09. The van der Waals surface area contributed by atoms with E-state index in [0.29, 0.717) is 38.6 Å². The first-order chi connectivity index (χ1) is 14.9. The van der Waals surface area contributed by atoms with Crippen LogP contribution in [0, 0.1) is 11.3 Å². The van der Waals surface area contributed by atoms with Crippen LogP contribution in [0.3, 0.4) is 0 Å². The van der Waals surface area contributed by atoms with E-state index in [9.17, 15) is 10.1 Å². The molecule has 1 amide bonds. The number of nitriles is 1. The van der Waals surface area contributed by atoms with Gasteiger partial charge in [-0.15, -0.1) is 0 Å². The third-order valence-electron chi connectivity index (χ3n) is 4.41. The summed E-state index contributed by atoms with van der Waals surface area (Å²) in [4.78, 5) is 12.5. The molecule has 1 N–H and O–H groups in total. The summed E-state index contributed by atoms with van der Waals surface area (Å²) >= 11 is 12.2. The van der Waals surface area contributed by atoms with Crippen LogP contribution in [-0.2, 0) is 11.3 Å². The number of rotatable bonds is 7. The lowest BCUT2D eigenvalue weighted by Crippen LogP contribution is -2.24. The maximum absolute atomic E-state index is 12.5. The van der Waals surface area contributed by atoms with Crippen LogP contribution >= 0.6 is 23.2 Å². The summed E-state index contributed by atoms with van der Waals surface area (Å²) in [6.45, 7) is 0.173. The molecule has 31 heavy (non-hydrogen) atoms. The number of halogens is 2. The van der Waals surface area contributed by atoms with E-state index in [1.54, 1.807) is 55.6 Å². The quantitative estimate of drug-likeness (QED) is 0.375. The van der Waals surface area contributed by atoms with Gasteiger partial charge in [0, 0.05) is 34.8 Å². The van der Waals surface area contributed by atoms with Crippen LogP contribution in [-0.4, -0.2) is 20.1 Å². The third kappa shape index (κ3) is 5.40. The number of ether oxygens (including phenoxy) is 2. The van der Waals surface area contributed by atoms with Gasteiger partial charge in [-0.25, -0.2) is 0 Å². The molecule has 6 nitrogen and oxygen atoms in total. The number of hydrogen-bond donors (Lipinski definition) is 1. The Morgan fingerprint density at radius 2 is 1.94 bits per heavy atom. The van der Waals surface area contributed by atoms with E-state index in [-0.39, 0.29) is 12.1 Å². The van der Waals surface area contributed by atoms with Crippen molar-refractivity contribution in [2.45, 2.75) is 6.54 Å². The second-order valence-electron chi connectivity index (χ2n) is 6.36. The Kier molecular flexibility index (Phi) is 7.24. The highest BCUT2D eigenvalue weighted by molar-refractivity contribution is 6.35. The maximum Gasteiger partial charge on any atom is 0.262 e. The van der Waals surface area contributed by atoms with Crippen LogP contribution < -0.4 is 14.8 Å². The molecule has 2 aromatic carbocycles. The van der Waals surface area contributed by atoms with Gasteiger partial charge in [0.25, 0.3) is 5.91 Å². The van der Waals surface area contributed by atoms with Crippen molar-refractivity contribution in [2.75, 3.05) is 14.2 Å². The zero-order chi connectivity index (χ0) is 22.4. The highest BCUT2D eigenvalue weighted by Gasteiger charge is 2.14.